The number of nitriles is 1. The molecule has 3 fully saturated rings. The van der Waals surface area contributed by atoms with Gasteiger partial charge in [0.25, 0.3) is 0 Å². The second kappa shape index (κ2) is 9.25. The zero-order valence-electron chi connectivity index (χ0n) is 19.3. The molecule has 5 rings (SSSR count). The predicted octanol–water partition coefficient (Wildman–Crippen LogP) is 2.88. The van der Waals surface area contributed by atoms with Gasteiger partial charge in [-0.1, -0.05) is 24.4 Å². The fourth-order valence-corrected chi connectivity index (χ4v) is 5.58. The minimum atomic E-state index is -4.33. The van der Waals surface area contributed by atoms with Crippen molar-refractivity contribution in [2.45, 2.75) is 75.9 Å². The van der Waals surface area contributed by atoms with Crippen LogP contribution in [-0.2, 0) is 23.5 Å². The first-order chi connectivity index (χ1) is 16.6. The van der Waals surface area contributed by atoms with Crippen LogP contribution in [0.3, 0.4) is 0 Å². The van der Waals surface area contributed by atoms with E-state index in [0.29, 0.717) is 16.9 Å². The molecule has 3 N–H and O–H groups in total. The second-order valence-electron chi connectivity index (χ2n) is 9.51. The molecule has 190 valence electrons. The quantitative estimate of drug-likeness (QED) is 0.358. The number of imidazole rings is 1. The van der Waals surface area contributed by atoms with Gasteiger partial charge in [0.05, 0.1) is 18.6 Å². The molecule has 1 aliphatic carbocycles. The van der Waals surface area contributed by atoms with Gasteiger partial charge in [-0.05, 0) is 26.7 Å². The first kappa shape index (κ1) is 24.9. The van der Waals surface area contributed by atoms with Crippen LogP contribution < -0.4 is 5.32 Å². The lowest BCUT2D eigenvalue weighted by atomic mass is 10.1. The summed E-state index contributed by atoms with van der Waals surface area (Å²) < 4.78 is 36.4. The fourth-order valence-electron chi connectivity index (χ4n) is 5.02. The van der Waals surface area contributed by atoms with E-state index in [9.17, 15) is 9.83 Å². The van der Waals surface area contributed by atoms with Gasteiger partial charge in [0.2, 0.25) is 0 Å². The molecule has 0 amide bonds. The van der Waals surface area contributed by atoms with E-state index in [2.05, 4.69) is 21.4 Å². The molecule has 4 heterocycles. The van der Waals surface area contributed by atoms with Crippen LogP contribution in [0.2, 0.25) is 5.15 Å². The highest BCUT2D eigenvalue weighted by molar-refractivity contribution is 7.51. The molecule has 12 nitrogen and oxygen atoms in total. The van der Waals surface area contributed by atoms with Crippen LogP contribution in [0.1, 0.15) is 51.3 Å². The van der Waals surface area contributed by atoms with E-state index < -0.39 is 44.3 Å². The third-order valence-electron chi connectivity index (χ3n) is 6.42. The Morgan fingerprint density at radius 1 is 1.34 bits per heavy atom. The third-order valence-corrected chi connectivity index (χ3v) is 7.21. The summed E-state index contributed by atoms with van der Waals surface area (Å²) in [4.78, 5) is 27.2. The zero-order chi connectivity index (χ0) is 25.0. The Morgan fingerprint density at radius 3 is 2.74 bits per heavy atom. The SMILES string of the molecule is CC1(C)O[C@@H]2[C@H](O1)[C@@H](COCP(=O)(O)O)O[C@H]2n1cnc2c(NC3CCCC3)c(C#N)c(Cl)nc21. The topological polar surface area (TPSA) is 161 Å². The maximum Gasteiger partial charge on any atom is 0.350 e. The van der Waals surface area contributed by atoms with Gasteiger partial charge in [-0.15, -0.1) is 0 Å². The van der Waals surface area contributed by atoms with Gasteiger partial charge in [0, 0.05) is 6.04 Å². The summed E-state index contributed by atoms with van der Waals surface area (Å²) in [7, 11) is -4.33. The number of hydrogen-bond donors (Lipinski definition) is 3. The van der Waals surface area contributed by atoms with Crippen molar-refractivity contribution in [2.24, 2.45) is 0 Å². The van der Waals surface area contributed by atoms with Gasteiger partial charge >= 0.3 is 7.60 Å². The Labute approximate surface area is 206 Å². The van der Waals surface area contributed by atoms with E-state index in [-0.39, 0.29) is 23.4 Å². The number of aromatic nitrogens is 3. The van der Waals surface area contributed by atoms with Crippen LogP contribution >= 0.6 is 19.2 Å². The largest absolute Gasteiger partial charge is 0.379 e. The smallest absolute Gasteiger partial charge is 0.350 e. The lowest BCUT2D eigenvalue weighted by molar-refractivity contribution is -0.201. The van der Waals surface area contributed by atoms with Crippen molar-refractivity contribution in [3.63, 3.8) is 0 Å². The van der Waals surface area contributed by atoms with E-state index in [1.165, 1.54) is 0 Å². The summed E-state index contributed by atoms with van der Waals surface area (Å²) in [5.74, 6) is -0.899. The normalized spacial score (nSPS) is 28.5. The molecule has 0 bridgehead atoms. The zero-order valence-corrected chi connectivity index (χ0v) is 20.9. The molecule has 0 radical (unpaired) electrons. The first-order valence-corrected chi connectivity index (χ1v) is 13.6. The average Bonchev–Trinajstić information content (AvgIpc) is 3.52. The third kappa shape index (κ3) is 4.92. The van der Waals surface area contributed by atoms with Crippen LogP contribution in [-0.4, -0.2) is 67.4 Å². The van der Waals surface area contributed by atoms with Crippen LogP contribution in [0, 0.1) is 11.3 Å². The molecule has 0 spiro atoms. The number of halogens is 1. The number of nitrogens with zero attached hydrogens (tertiary/aromatic N) is 4. The minimum Gasteiger partial charge on any atom is -0.379 e. The molecular formula is C21H27ClN5O7P. The number of fused-ring (bicyclic) bond motifs is 2. The Morgan fingerprint density at radius 2 is 2.06 bits per heavy atom. The van der Waals surface area contributed by atoms with Gasteiger partial charge in [-0.25, -0.2) is 9.97 Å². The molecule has 14 heteroatoms. The molecule has 35 heavy (non-hydrogen) atoms. The van der Waals surface area contributed by atoms with Crippen LogP contribution in [0.4, 0.5) is 5.69 Å². The number of hydrogen-bond acceptors (Lipinski definition) is 9. The molecular weight excluding hydrogens is 501 g/mol. The standard InChI is InChI=1S/C21H27ClN5O7P/c1-21(2)33-16-13(8-31-10-35(28,29)30)32-20(17(16)34-21)27-9-24-15-14(25-11-5-3-4-6-11)12(7-23)18(22)26-19(15)27/h9,11,13,16-17,20H,3-6,8,10H2,1-2H3,(H,25,26)(H2,28,29,30)/t13-,16-,17-,20-/m1/s1. The maximum absolute atomic E-state index is 11.2. The van der Waals surface area contributed by atoms with E-state index in [4.69, 9.17) is 40.3 Å². The van der Waals surface area contributed by atoms with Crippen LogP contribution in [0.25, 0.3) is 11.2 Å². The molecule has 3 aliphatic rings. The van der Waals surface area contributed by atoms with E-state index >= 15 is 0 Å². The van der Waals surface area contributed by atoms with Crippen molar-refractivity contribution in [1.29, 1.82) is 5.26 Å². The first-order valence-electron chi connectivity index (χ1n) is 11.4. The van der Waals surface area contributed by atoms with Crippen molar-refractivity contribution in [3.05, 3.63) is 17.0 Å². The molecule has 4 atom stereocenters. The summed E-state index contributed by atoms with van der Waals surface area (Å²) in [5.41, 5.74) is 1.71. The molecule has 2 aromatic heterocycles. The molecule has 0 aromatic carbocycles. The number of anilines is 1. The molecule has 2 saturated heterocycles. The lowest BCUT2D eigenvalue weighted by Gasteiger charge is -2.25. The van der Waals surface area contributed by atoms with Crippen molar-refractivity contribution >= 4 is 36.0 Å². The number of pyridine rings is 1. The van der Waals surface area contributed by atoms with Gasteiger partial charge < -0.3 is 34.1 Å². The summed E-state index contributed by atoms with van der Waals surface area (Å²) in [6.45, 7) is 3.45. The fraction of sp³-hybridized carbons (Fsp3) is 0.667. The Bertz CT molecular complexity index is 1200. The van der Waals surface area contributed by atoms with E-state index in [0.717, 1.165) is 25.7 Å². The van der Waals surface area contributed by atoms with Gasteiger partial charge in [0.1, 0.15) is 41.8 Å². The summed E-state index contributed by atoms with van der Waals surface area (Å²) in [6, 6.07) is 2.36. The number of nitrogens with one attached hydrogen (secondary N) is 1. The number of ether oxygens (including phenoxy) is 4. The second-order valence-corrected chi connectivity index (χ2v) is 11.5. The molecule has 2 aliphatic heterocycles. The molecule has 0 unspecified atom stereocenters. The van der Waals surface area contributed by atoms with Gasteiger partial charge in [0.15, 0.2) is 22.8 Å². The summed E-state index contributed by atoms with van der Waals surface area (Å²) in [5, 5.41) is 13.2. The van der Waals surface area contributed by atoms with Crippen LogP contribution in [0.15, 0.2) is 6.33 Å². The van der Waals surface area contributed by atoms with Crippen molar-refractivity contribution in [3.8, 4) is 6.07 Å². The molecule has 2 aromatic rings. The van der Waals surface area contributed by atoms with Gasteiger partial charge in [-0.2, -0.15) is 5.26 Å². The van der Waals surface area contributed by atoms with Crippen molar-refractivity contribution < 1.29 is 33.3 Å². The van der Waals surface area contributed by atoms with Crippen molar-refractivity contribution in [2.75, 3.05) is 18.3 Å². The van der Waals surface area contributed by atoms with Crippen LogP contribution in [0.5, 0.6) is 0 Å². The van der Waals surface area contributed by atoms with Gasteiger partial charge in [-0.3, -0.25) is 9.13 Å². The maximum atomic E-state index is 11.2. The summed E-state index contributed by atoms with van der Waals surface area (Å²) >= 11 is 6.42. The molecule has 1 saturated carbocycles. The average molecular weight is 528 g/mol. The van der Waals surface area contributed by atoms with E-state index in [1.54, 1.807) is 24.7 Å². The Hall–Kier alpha value is -1.81. The monoisotopic (exact) mass is 527 g/mol. The predicted molar refractivity (Wildman–Crippen MR) is 124 cm³/mol. The highest BCUT2D eigenvalue weighted by Gasteiger charge is 2.56. The van der Waals surface area contributed by atoms with E-state index in [1.807, 2.05) is 0 Å². The Kier molecular flexibility index (Phi) is 6.57. The highest BCUT2D eigenvalue weighted by Crippen LogP contribution is 2.45. The Balaban J connectivity index is 1.48. The van der Waals surface area contributed by atoms with Crippen molar-refractivity contribution in [1.82, 2.24) is 14.5 Å². The number of rotatable bonds is 7. The lowest BCUT2D eigenvalue weighted by Crippen LogP contribution is -2.33. The highest BCUT2D eigenvalue weighted by atomic mass is 35.5. The summed E-state index contributed by atoms with van der Waals surface area (Å²) in [6.07, 6.45) is 2.59. The minimum absolute atomic E-state index is 0.0576.